The molecule has 0 radical (unpaired) electrons. The van der Waals surface area contributed by atoms with Crippen molar-refractivity contribution in [3.63, 3.8) is 0 Å². The van der Waals surface area contributed by atoms with Crippen molar-refractivity contribution in [3.05, 3.63) is 54.4 Å². The summed E-state index contributed by atoms with van der Waals surface area (Å²) >= 11 is 0. The van der Waals surface area contributed by atoms with Gasteiger partial charge in [-0.1, -0.05) is 18.2 Å². The number of aromatic nitrogens is 1. The van der Waals surface area contributed by atoms with E-state index < -0.39 is 0 Å². The van der Waals surface area contributed by atoms with E-state index in [9.17, 15) is 4.79 Å². The molecule has 3 N–H and O–H groups in total. The maximum atomic E-state index is 11.4. The van der Waals surface area contributed by atoms with E-state index in [-0.39, 0.29) is 12.5 Å². The van der Waals surface area contributed by atoms with Crippen molar-refractivity contribution in [3.8, 4) is 0 Å². The first-order chi connectivity index (χ1) is 8.84. The van der Waals surface area contributed by atoms with Crippen LogP contribution in [0.3, 0.4) is 0 Å². The minimum absolute atomic E-state index is 0.187. The second-order valence-electron chi connectivity index (χ2n) is 3.64. The molecule has 5 nitrogen and oxygen atoms in total. The Morgan fingerprint density at radius 2 is 2.06 bits per heavy atom. The Labute approximate surface area is 105 Å². The van der Waals surface area contributed by atoms with Crippen LogP contribution in [-0.4, -0.2) is 23.7 Å². The highest BCUT2D eigenvalue weighted by Crippen LogP contribution is 2.03. The van der Waals surface area contributed by atoms with Gasteiger partial charge in [-0.15, -0.1) is 0 Å². The third-order valence-corrected chi connectivity index (χ3v) is 2.24. The van der Waals surface area contributed by atoms with Crippen molar-refractivity contribution in [2.24, 2.45) is 5.10 Å². The van der Waals surface area contributed by atoms with Crippen LogP contribution < -0.4 is 10.7 Å². The summed E-state index contributed by atoms with van der Waals surface area (Å²) in [6.07, 6.45) is 3.35. The van der Waals surface area contributed by atoms with Gasteiger partial charge in [0.25, 0.3) is 5.91 Å². The molecule has 18 heavy (non-hydrogen) atoms. The molecule has 0 aliphatic rings. The predicted octanol–water partition coefficient (Wildman–Crippen LogP) is 1.58. The second-order valence-corrected chi connectivity index (χ2v) is 3.64. The molecular weight excluding hydrogens is 228 g/mol. The van der Waals surface area contributed by atoms with Crippen LogP contribution in [0.5, 0.6) is 0 Å². The van der Waals surface area contributed by atoms with Crippen LogP contribution in [0.2, 0.25) is 0 Å². The first-order valence-electron chi connectivity index (χ1n) is 5.59. The van der Waals surface area contributed by atoms with E-state index in [1.165, 1.54) is 0 Å². The number of para-hydroxylation sites is 1. The molecular formula is C13H14N4O. The van der Waals surface area contributed by atoms with Crippen molar-refractivity contribution in [1.29, 1.82) is 0 Å². The second kappa shape index (κ2) is 6.24. The summed E-state index contributed by atoms with van der Waals surface area (Å²) in [5.41, 5.74) is 4.18. The number of nitrogens with one attached hydrogen (secondary N) is 3. The monoisotopic (exact) mass is 242 g/mol. The fourth-order valence-corrected chi connectivity index (χ4v) is 1.38. The van der Waals surface area contributed by atoms with Gasteiger partial charge in [-0.05, 0) is 24.3 Å². The third-order valence-electron chi connectivity index (χ3n) is 2.24. The molecule has 1 aromatic carbocycles. The zero-order valence-electron chi connectivity index (χ0n) is 9.76. The van der Waals surface area contributed by atoms with Gasteiger partial charge in [0, 0.05) is 11.9 Å². The van der Waals surface area contributed by atoms with Crippen LogP contribution in [-0.2, 0) is 4.79 Å². The number of anilines is 1. The topological polar surface area (TPSA) is 69.3 Å². The Hall–Kier alpha value is -2.56. The summed E-state index contributed by atoms with van der Waals surface area (Å²) in [4.78, 5) is 14.4. The van der Waals surface area contributed by atoms with Gasteiger partial charge in [0.2, 0.25) is 0 Å². The summed E-state index contributed by atoms with van der Waals surface area (Å²) in [5, 5.41) is 6.82. The van der Waals surface area contributed by atoms with Crippen molar-refractivity contribution in [1.82, 2.24) is 10.4 Å². The van der Waals surface area contributed by atoms with Crippen LogP contribution in [0.4, 0.5) is 5.69 Å². The normalized spacial score (nSPS) is 10.4. The summed E-state index contributed by atoms with van der Waals surface area (Å²) < 4.78 is 0. The zero-order valence-corrected chi connectivity index (χ0v) is 9.76. The fraction of sp³-hybridized carbons (Fsp3) is 0.0769. The standard InChI is InChI=1S/C13H14N4O/c18-13(10-15-11-5-2-1-3-6-11)17-16-9-12-7-4-8-14-12/h1-9,14-15H,10H2,(H,17,18)/b16-9+. The van der Waals surface area contributed by atoms with E-state index >= 15 is 0 Å². The van der Waals surface area contributed by atoms with Crippen LogP contribution in [0.1, 0.15) is 5.69 Å². The number of benzene rings is 1. The number of nitrogens with zero attached hydrogens (tertiary/aromatic N) is 1. The van der Waals surface area contributed by atoms with Crippen molar-refractivity contribution in [2.45, 2.75) is 0 Å². The molecule has 1 aromatic heterocycles. The highest BCUT2D eigenvalue weighted by Gasteiger charge is 1.98. The Morgan fingerprint density at radius 3 is 2.78 bits per heavy atom. The average Bonchev–Trinajstić information content (AvgIpc) is 2.91. The molecule has 0 fully saturated rings. The number of amides is 1. The van der Waals surface area contributed by atoms with E-state index in [4.69, 9.17) is 0 Å². The average molecular weight is 242 g/mol. The van der Waals surface area contributed by atoms with E-state index in [0.717, 1.165) is 11.4 Å². The van der Waals surface area contributed by atoms with Gasteiger partial charge >= 0.3 is 0 Å². The van der Waals surface area contributed by atoms with Gasteiger partial charge in [0.05, 0.1) is 18.5 Å². The predicted molar refractivity (Wildman–Crippen MR) is 71.5 cm³/mol. The third kappa shape index (κ3) is 3.79. The van der Waals surface area contributed by atoms with Crippen LogP contribution >= 0.6 is 0 Å². The molecule has 0 atom stereocenters. The molecule has 0 unspecified atom stereocenters. The quantitative estimate of drug-likeness (QED) is 0.550. The number of carbonyl (C=O) groups excluding carboxylic acids is 1. The molecule has 1 amide bonds. The Kier molecular flexibility index (Phi) is 4.13. The Morgan fingerprint density at radius 1 is 1.22 bits per heavy atom. The number of carbonyl (C=O) groups is 1. The summed E-state index contributed by atoms with van der Waals surface area (Å²) in [6.45, 7) is 0.187. The molecule has 0 spiro atoms. The highest BCUT2D eigenvalue weighted by molar-refractivity contribution is 5.83. The van der Waals surface area contributed by atoms with Gasteiger partial charge < -0.3 is 10.3 Å². The van der Waals surface area contributed by atoms with Gasteiger partial charge in [-0.3, -0.25) is 4.79 Å². The van der Waals surface area contributed by atoms with Gasteiger partial charge in [0.1, 0.15) is 0 Å². The minimum Gasteiger partial charge on any atom is -0.376 e. The van der Waals surface area contributed by atoms with Crippen molar-refractivity contribution >= 4 is 17.8 Å². The highest BCUT2D eigenvalue weighted by atomic mass is 16.2. The van der Waals surface area contributed by atoms with Crippen LogP contribution in [0.25, 0.3) is 0 Å². The molecule has 0 aliphatic carbocycles. The number of hydrogen-bond acceptors (Lipinski definition) is 3. The molecule has 0 saturated carbocycles. The SMILES string of the molecule is O=C(CNc1ccccc1)N/N=C/c1ccc[nH]1. The van der Waals surface area contributed by atoms with Gasteiger partial charge in [-0.25, -0.2) is 5.43 Å². The minimum atomic E-state index is -0.193. The Bertz CT molecular complexity index is 505. The lowest BCUT2D eigenvalue weighted by atomic mass is 10.3. The Balaban J connectivity index is 1.73. The molecule has 0 saturated heterocycles. The van der Waals surface area contributed by atoms with E-state index in [1.807, 2.05) is 42.5 Å². The van der Waals surface area contributed by atoms with Crippen LogP contribution in [0, 0.1) is 0 Å². The first kappa shape index (κ1) is 11.9. The molecule has 0 bridgehead atoms. The number of H-pyrrole nitrogens is 1. The maximum absolute atomic E-state index is 11.4. The van der Waals surface area contributed by atoms with E-state index in [1.54, 1.807) is 12.4 Å². The van der Waals surface area contributed by atoms with E-state index in [2.05, 4.69) is 20.8 Å². The van der Waals surface area contributed by atoms with Crippen molar-refractivity contribution in [2.75, 3.05) is 11.9 Å². The lowest BCUT2D eigenvalue weighted by molar-refractivity contribution is -0.119. The largest absolute Gasteiger partial charge is 0.376 e. The summed E-state index contributed by atoms with van der Waals surface area (Å²) in [6, 6.07) is 13.3. The number of hydrogen-bond donors (Lipinski definition) is 3. The smallest absolute Gasteiger partial charge is 0.259 e. The molecule has 2 aromatic rings. The number of rotatable bonds is 5. The fourth-order valence-electron chi connectivity index (χ4n) is 1.38. The first-order valence-corrected chi connectivity index (χ1v) is 5.59. The molecule has 2 rings (SSSR count). The molecule has 92 valence electrons. The molecule has 1 heterocycles. The molecule has 5 heteroatoms. The van der Waals surface area contributed by atoms with Gasteiger partial charge in [0.15, 0.2) is 0 Å². The van der Waals surface area contributed by atoms with Crippen molar-refractivity contribution < 1.29 is 4.79 Å². The lowest BCUT2D eigenvalue weighted by Crippen LogP contribution is -2.25. The summed E-state index contributed by atoms with van der Waals surface area (Å²) in [7, 11) is 0. The summed E-state index contributed by atoms with van der Waals surface area (Å²) in [5.74, 6) is -0.193. The van der Waals surface area contributed by atoms with Gasteiger partial charge in [-0.2, -0.15) is 5.10 Å². The number of hydrazone groups is 1. The zero-order chi connectivity index (χ0) is 12.6. The number of aromatic amines is 1. The van der Waals surface area contributed by atoms with E-state index in [0.29, 0.717) is 0 Å². The maximum Gasteiger partial charge on any atom is 0.259 e. The van der Waals surface area contributed by atoms with Crippen LogP contribution in [0.15, 0.2) is 53.8 Å². The molecule has 0 aliphatic heterocycles. The lowest BCUT2D eigenvalue weighted by Gasteiger charge is -2.04.